The van der Waals surface area contributed by atoms with Gasteiger partial charge in [0.05, 0.1) is 19.6 Å². The highest BCUT2D eigenvalue weighted by molar-refractivity contribution is 5.75. The number of carbonyl (C=O) groups is 1. The number of nitrogens with one attached hydrogen (secondary N) is 1. The van der Waals surface area contributed by atoms with Crippen molar-refractivity contribution in [2.24, 2.45) is 0 Å². The lowest BCUT2D eigenvalue weighted by Crippen LogP contribution is -2.28. The number of anilines is 1. The molecule has 0 saturated carbocycles. The van der Waals surface area contributed by atoms with E-state index in [1.165, 1.54) is 0 Å². The van der Waals surface area contributed by atoms with Crippen LogP contribution in [-0.4, -0.2) is 32.8 Å². The largest absolute Gasteiger partial charge is 0.493 e. The number of hydrogen-bond acceptors (Lipinski definition) is 4. The van der Waals surface area contributed by atoms with E-state index in [1.807, 2.05) is 6.07 Å². The molecule has 3 N–H and O–H groups in total. The van der Waals surface area contributed by atoms with E-state index in [0.717, 1.165) is 0 Å². The molecule has 0 heterocycles. The Kier molecular flexibility index (Phi) is 5.88. The lowest BCUT2D eigenvalue weighted by atomic mass is 10.3. The number of amides is 1. The van der Waals surface area contributed by atoms with Crippen LogP contribution in [0.25, 0.3) is 0 Å². The predicted octanol–water partition coefficient (Wildman–Crippen LogP) is 0.800. The minimum absolute atomic E-state index is 0.0500. The molecule has 17 heavy (non-hydrogen) atoms. The highest BCUT2D eigenvalue weighted by Gasteiger charge is 2.01. The maximum Gasteiger partial charge on any atom is 0.223 e. The van der Waals surface area contributed by atoms with Gasteiger partial charge in [-0.2, -0.15) is 0 Å². The number of hydrogen-bond donors (Lipinski definition) is 2. The lowest BCUT2D eigenvalue weighted by Gasteiger charge is -2.07. The average molecular weight is 238 g/mol. The van der Waals surface area contributed by atoms with Crippen molar-refractivity contribution < 1.29 is 14.3 Å². The summed E-state index contributed by atoms with van der Waals surface area (Å²) < 4.78 is 10.2. The molecule has 0 atom stereocenters. The highest BCUT2D eigenvalue weighted by atomic mass is 16.5. The third kappa shape index (κ3) is 5.77. The maximum atomic E-state index is 11.3. The van der Waals surface area contributed by atoms with Gasteiger partial charge in [-0.05, 0) is 12.1 Å². The van der Waals surface area contributed by atoms with E-state index in [9.17, 15) is 4.79 Å². The van der Waals surface area contributed by atoms with E-state index in [-0.39, 0.29) is 5.91 Å². The molecule has 0 radical (unpaired) electrons. The molecule has 5 nitrogen and oxygen atoms in total. The molecular formula is C12H18N2O3. The van der Waals surface area contributed by atoms with Crippen LogP contribution in [0.1, 0.15) is 6.42 Å². The van der Waals surface area contributed by atoms with E-state index >= 15 is 0 Å². The summed E-state index contributed by atoms with van der Waals surface area (Å²) in [4.78, 5) is 11.3. The lowest BCUT2D eigenvalue weighted by molar-refractivity contribution is -0.121. The Labute approximate surface area is 101 Å². The van der Waals surface area contributed by atoms with E-state index < -0.39 is 0 Å². The first-order valence-electron chi connectivity index (χ1n) is 5.46. The number of nitrogen functional groups attached to an aromatic ring is 1. The number of nitrogens with two attached hydrogens (primary N) is 1. The van der Waals surface area contributed by atoms with Crippen LogP contribution >= 0.6 is 0 Å². The molecule has 5 heteroatoms. The fourth-order valence-corrected chi connectivity index (χ4v) is 1.25. The standard InChI is InChI=1S/C12H18N2O3/c1-16-8-6-14-12(15)5-7-17-11-4-2-3-10(13)9-11/h2-4,9H,5-8,13H2,1H3,(H,14,15). The SMILES string of the molecule is COCCNC(=O)CCOc1cccc(N)c1. The Hall–Kier alpha value is -1.75. The molecule has 1 aromatic rings. The predicted molar refractivity (Wildman–Crippen MR) is 65.9 cm³/mol. The van der Waals surface area contributed by atoms with Crippen molar-refractivity contribution in [2.45, 2.75) is 6.42 Å². The molecule has 0 aliphatic heterocycles. The molecule has 0 bridgehead atoms. The van der Waals surface area contributed by atoms with Crippen molar-refractivity contribution in [3.8, 4) is 5.75 Å². The first-order valence-corrected chi connectivity index (χ1v) is 5.46. The van der Waals surface area contributed by atoms with Crippen molar-refractivity contribution in [3.05, 3.63) is 24.3 Å². The molecule has 1 rings (SSSR count). The molecular weight excluding hydrogens is 220 g/mol. The molecule has 1 aromatic carbocycles. The van der Waals surface area contributed by atoms with E-state index in [2.05, 4.69) is 5.32 Å². The Morgan fingerprint density at radius 1 is 1.41 bits per heavy atom. The van der Waals surface area contributed by atoms with Gasteiger partial charge in [0.2, 0.25) is 5.91 Å². The van der Waals surface area contributed by atoms with Gasteiger partial charge in [0.1, 0.15) is 5.75 Å². The average Bonchev–Trinajstić information content (AvgIpc) is 2.29. The van der Waals surface area contributed by atoms with Crippen molar-refractivity contribution in [2.75, 3.05) is 32.6 Å². The molecule has 0 aliphatic carbocycles. The summed E-state index contributed by atoms with van der Waals surface area (Å²) in [7, 11) is 1.59. The molecule has 0 aromatic heterocycles. The van der Waals surface area contributed by atoms with Crippen LogP contribution in [0, 0.1) is 0 Å². The summed E-state index contributed by atoms with van der Waals surface area (Å²) in [6.45, 7) is 1.37. The second-order valence-electron chi connectivity index (χ2n) is 3.51. The van der Waals surface area contributed by atoms with Crippen molar-refractivity contribution in [1.29, 1.82) is 0 Å². The fraction of sp³-hybridized carbons (Fsp3) is 0.417. The highest BCUT2D eigenvalue weighted by Crippen LogP contribution is 2.14. The summed E-state index contributed by atoms with van der Waals surface area (Å²) in [5.74, 6) is 0.626. The van der Waals surface area contributed by atoms with Crippen LogP contribution in [0.2, 0.25) is 0 Å². The first kappa shape index (κ1) is 13.3. The van der Waals surface area contributed by atoms with E-state index in [0.29, 0.717) is 37.6 Å². The molecule has 0 fully saturated rings. The fourth-order valence-electron chi connectivity index (χ4n) is 1.25. The number of benzene rings is 1. The topological polar surface area (TPSA) is 73.6 Å². The van der Waals surface area contributed by atoms with Crippen LogP contribution < -0.4 is 15.8 Å². The summed E-state index contributed by atoms with van der Waals surface area (Å²) in [5, 5.41) is 2.71. The molecule has 1 amide bonds. The maximum absolute atomic E-state index is 11.3. The number of methoxy groups -OCH3 is 1. The Bertz CT molecular complexity index is 355. The van der Waals surface area contributed by atoms with Gasteiger partial charge in [-0.3, -0.25) is 4.79 Å². The van der Waals surface area contributed by atoms with E-state index in [4.69, 9.17) is 15.2 Å². The van der Waals surface area contributed by atoms with Gasteiger partial charge in [-0.25, -0.2) is 0 Å². The van der Waals surface area contributed by atoms with Gasteiger partial charge in [0.15, 0.2) is 0 Å². The van der Waals surface area contributed by atoms with Crippen molar-refractivity contribution in [1.82, 2.24) is 5.32 Å². The van der Waals surface area contributed by atoms with Crippen molar-refractivity contribution >= 4 is 11.6 Å². The van der Waals surface area contributed by atoms with Crippen LogP contribution in [0.15, 0.2) is 24.3 Å². The number of ether oxygens (including phenoxy) is 2. The second-order valence-corrected chi connectivity index (χ2v) is 3.51. The third-order valence-electron chi connectivity index (χ3n) is 2.08. The van der Waals surface area contributed by atoms with E-state index in [1.54, 1.807) is 25.3 Å². The second kappa shape index (κ2) is 7.51. The van der Waals surface area contributed by atoms with Gasteiger partial charge >= 0.3 is 0 Å². The summed E-state index contributed by atoms with van der Waals surface area (Å²) >= 11 is 0. The van der Waals surface area contributed by atoms with Gasteiger partial charge in [-0.15, -0.1) is 0 Å². The van der Waals surface area contributed by atoms with Crippen LogP contribution in [0.4, 0.5) is 5.69 Å². The first-order chi connectivity index (χ1) is 8.22. The third-order valence-corrected chi connectivity index (χ3v) is 2.08. The zero-order chi connectivity index (χ0) is 12.5. The van der Waals surface area contributed by atoms with Crippen molar-refractivity contribution in [3.63, 3.8) is 0 Å². The summed E-state index contributed by atoms with van der Waals surface area (Å²) in [6.07, 6.45) is 0.318. The van der Waals surface area contributed by atoms with Gasteiger partial charge in [-0.1, -0.05) is 6.07 Å². The Morgan fingerprint density at radius 3 is 2.94 bits per heavy atom. The number of rotatable bonds is 7. The zero-order valence-electron chi connectivity index (χ0n) is 9.94. The summed E-state index contributed by atoms with van der Waals surface area (Å²) in [6, 6.07) is 7.12. The summed E-state index contributed by atoms with van der Waals surface area (Å²) in [5.41, 5.74) is 6.24. The molecule has 0 aliphatic rings. The van der Waals surface area contributed by atoms with Gasteiger partial charge in [0, 0.05) is 25.4 Å². The van der Waals surface area contributed by atoms with Gasteiger partial charge in [0.25, 0.3) is 0 Å². The Morgan fingerprint density at radius 2 is 2.24 bits per heavy atom. The minimum Gasteiger partial charge on any atom is -0.493 e. The molecule has 94 valence electrons. The van der Waals surface area contributed by atoms with Crippen LogP contribution in [-0.2, 0) is 9.53 Å². The smallest absolute Gasteiger partial charge is 0.223 e. The quantitative estimate of drug-likeness (QED) is 0.544. The number of carbonyl (C=O) groups excluding carboxylic acids is 1. The molecule has 0 unspecified atom stereocenters. The Balaban J connectivity index is 2.17. The molecule has 0 spiro atoms. The minimum atomic E-state index is -0.0500. The monoisotopic (exact) mass is 238 g/mol. The zero-order valence-corrected chi connectivity index (χ0v) is 9.94. The normalized spacial score (nSPS) is 9.94. The van der Waals surface area contributed by atoms with Gasteiger partial charge < -0.3 is 20.5 Å². The van der Waals surface area contributed by atoms with Crippen LogP contribution in [0.5, 0.6) is 5.75 Å². The van der Waals surface area contributed by atoms with Crippen LogP contribution in [0.3, 0.4) is 0 Å². The molecule has 0 saturated heterocycles.